The fourth-order valence-corrected chi connectivity index (χ4v) is 5.33. The predicted octanol–water partition coefficient (Wildman–Crippen LogP) is 5.15. The average Bonchev–Trinajstić information content (AvgIpc) is 3.24. The number of Topliss-reactive ketones (excluding diaryl/α,β-unsaturated/α-hetero) is 1. The molecule has 3 aromatic carbocycles. The lowest BCUT2D eigenvalue weighted by Crippen LogP contribution is -2.52. The largest absolute Gasteiger partial charge is 0.497 e. The molecule has 2 atom stereocenters. The van der Waals surface area contributed by atoms with Crippen molar-refractivity contribution in [2.45, 2.75) is 19.8 Å². The smallest absolute Gasteiger partial charge is 0.343 e. The normalized spacial score (nSPS) is 17.8. The zero-order chi connectivity index (χ0) is 30.0. The highest BCUT2D eigenvalue weighted by Gasteiger charge is 2.51. The Labute approximate surface area is 247 Å². The Hall–Kier alpha value is -4.76. The monoisotopic (exact) mass is 586 g/mol. The minimum atomic E-state index is -0.747. The molecule has 0 bridgehead atoms. The molecule has 1 fully saturated rings. The molecule has 10 heteroatoms. The molecule has 9 nitrogen and oxygen atoms in total. The second-order valence-electron chi connectivity index (χ2n) is 10.1. The van der Waals surface area contributed by atoms with Crippen molar-refractivity contribution in [3.63, 3.8) is 0 Å². The van der Waals surface area contributed by atoms with E-state index < -0.39 is 47.9 Å². The summed E-state index contributed by atoms with van der Waals surface area (Å²) in [4.78, 5) is 66.6. The molecule has 0 spiro atoms. The van der Waals surface area contributed by atoms with E-state index in [9.17, 15) is 24.0 Å². The van der Waals surface area contributed by atoms with Crippen LogP contribution in [0.3, 0.4) is 0 Å². The number of ether oxygens (including phenoxy) is 2. The van der Waals surface area contributed by atoms with Gasteiger partial charge in [-0.3, -0.25) is 19.2 Å². The molecule has 0 aromatic heterocycles. The number of ketones is 1. The van der Waals surface area contributed by atoms with Crippen LogP contribution in [0.25, 0.3) is 0 Å². The van der Waals surface area contributed by atoms with E-state index in [0.717, 1.165) is 15.6 Å². The first-order valence-corrected chi connectivity index (χ1v) is 13.6. The molecule has 1 aliphatic carbocycles. The summed E-state index contributed by atoms with van der Waals surface area (Å²) in [6.45, 7) is 1.31. The number of nitrogens with zero attached hydrogens (tertiary/aromatic N) is 2. The van der Waals surface area contributed by atoms with E-state index in [2.05, 4.69) is 0 Å². The Morgan fingerprint density at radius 3 is 2.33 bits per heavy atom. The van der Waals surface area contributed by atoms with Crippen LogP contribution in [0.15, 0.2) is 84.4 Å². The molecular weight excluding hydrogens is 560 g/mol. The fraction of sp³-hybridized carbons (Fsp3) is 0.219. The van der Waals surface area contributed by atoms with Crippen molar-refractivity contribution >= 4 is 41.1 Å². The Morgan fingerprint density at radius 2 is 1.62 bits per heavy atom. The van der Waals surface area contributed by atoms with E-state index in [1.54, 1.807) is 36.4 Å². The van der Waals surface area contributed by atoms with Gasteiger partial charge in [-0.05, 0) is 74.4 Å². The third-order valence-corrected chi connectivity index (χ3v) is 7.70. The number of hydrogen-bond acceptors (Lipinski definition) is 7. The molecule has 0 N–H and O–H groups in total. The highest BCUT2D eigenvalue weighted by Crippen LogP contribution is 2.39. The van der Waals surface area contributed by atoms with Crippen LogP contribution < -0.4 is 9.47 Å². The third-order valence-electron chi connectivity index (χ3n) is 7.37. The van der Waals surface area contributed by atoms with E-state index in [1.807, 2.05) is 13.0 Å². The van der Waals surface area contributed by atoms with E-state index in [-0.39, 0.29) is 27.5 Å². The third kappa shape index (κ3) is 5.69. The van der Waals surface area contributed by atoms with Gasteiger partial charge in [0.15, 0.2) is 5.78 Å². The maximum Gasteiger partial charge on any atom is 0.343 e. The van der Waals surface area contributed by atoms with Crippen LogP contribution in [0, 0.1) is 11.8 Å². The first-order chi connectivity index (χ1) is 20.2. The van der Waals surface area contributed by atoms with Crippen molar-refractivity contribution in [1.82, 2.24) is 10.0 Å². The minimum Gasteiger partial charge on any atom is -0.497 e. The van der Waals surface area contributed by atoms with Crippen LogP contribution in [-0.2, 0) is 9.59 Å². The van der Waals surface area contributed by atoms with Gasteiger partial charge in [0.1, 0.15) is 18.0 Å². The van der Waals surface area contributed by atoms with Crippen LogP contribution in [0.1, 0.15) is 50.8 Å². The Kier molecular flexibility index (Phi) is 8.22. The first kappa shape index (κ1) is 28.8. The average molecular weight is 587 g/mol. The van der Waals surface area contributed by atoms with E-state index in [4.69, 9.17) is 21.1 Å². The van der Waals surface area contributed by atoms with Crippen LogP contribution in [0.2, 0.25) is 5.02 Å². The molecule has 0 radical (unpaired) electrons. The molecule has 1 aliphatic heterocycles. The van der Waals surface area contributed by atoms with Crippen LogP contribution in [0.5, 0.6) is 11.5 Å². The standard InChI is InChI=1S/C32H27ClN2O7/c1-19-10-15-24-26(16-19)31(39)35(30(24)38)34(29(37)25-8-3-4-9-27(25)33)18-28(36)20-11-13-22(14-12-20)42-32(40)21-6-5-7-23(17-21)41-2/h3-14,17,24,26H,15-16,18H2,1-2H3/t24-,26-/m1/s1. The highest BCUT2D eigenvalue weighted by molar-refractivity contribution is 6.34. The van der Waals surface area contributed by atoms with E-state index in [1.165, 1.54) is 43.5 Å². The van der Waals surface area contributed by atoms with Crippen molar-refractivity contribution in [1.29, 1.82) is 0 Å². The first-order valence-electron chi connectivity index (χ1n) is 13.3. The lowest BCUT2D eigenvalue weighted by atomic mass is 9.82. The maximum absolute atomic E-state index is 13.7. The van der Waals surface area contributed by atoms with Crippen molar-refractivity contribution in [3.8, 4) is 11.5 Å². The number of rotatable bonds is 8. The number of imide groups is 1. The molecule has 42 heavy (non-hydrogen) atoms. The second kappa shape index (κ2) is 12.0. The van der Waals surface area contributed by atoms with Crippen LogP contribution in [-0.4, -0.2) is 53.1 Å². The number of esters is 1. The number of halogens is 1. The Bertz CT molecular complexity index is 1620. The molecule has 0 saturated carbocycles. The van der Waals surface area contributed by atoms with Gasteiger partial charge in [0.25, 0.3) is 17.7 Å². The van der Waals surface area contributed by atoms with Gasteiger partial charge in [0, 0.05) is 5.56 Å². The number of allylic oxidation sites excluding steroid dienone is 2. The molecule has 214 valence electrons. The van der Waals surface area contributed by atoms with Gasteiger partial charge in [-0.15, -0.1) is 0 Å². The van der Waals surface area contributed by atoms with Gasteiger partial charge >= 0.3 is 5.97 Å². The zero-order valence-electron chi connectivity index (χ0n) is 22.9. The summed E-state index contributed by atoms with van der Waals surface area (Å²) in [5.41, 5.74) is 1.51. The van der Waals surface area contributed by atoms with Gasteiger partial charge in [-0.2, -0.15) is 5.01 Å². The summed E-state index contributed by atoms with van der Waals surface area (Å²) in [5.74, 6) is -3.45. The van der Waals surface area contributed by atoms with Crippen molar-refractivity contribution in [2.24, 2.45) is 11.8 Å². The molecule has 5 rings (SSSR count). The molecular formula is C32H27ClN2O7. The number of hydrazine groups is 1. The lowest BCUT2D eigenvalue weighted by Gasteiger charge is -2.30. The lowest BCUT2D eigenvalue weighted by molar-refractivity contribution is -0.154. The van der Waals surface area contributed by atoms with Gasteiger partial charge in [-0.25, -0.2) is 9.80 Å². The van der Waals surface area contributed by atoms with Gasteiger partial charge < -0.3 is 9.47 Å². The predicted molar refractivity (Wildman–Crippen MR) is 153 cm³/mol. The van der Waals surface area contributed by atoms with Gasteiger partial charge in [0.05, 0.1) is 35.1 Å². The number of carbonyl (C=O) groups excluding carboxylic acids is 5. The van der Waals surface area contributed by atoms with Gasteiger partial charge in [-0.1, -0.05) is 41.4 Å². The highest BCUT2D eigenvalue weighted by atomic mass is 35.5. The maximum atomic E-state index is 13.7. The number of amides is 3. The van der Waals surface area contributed by atoms with Crippen LogP contribution in [0.4, 0.5) is 0 Å². The number of carbonyl (C=O) groups is 5. The quantitative estimate of drug-likeness (QED) is 0.118. The molecule has 3 amide bonds. The number of hydrogen-bond donors (Lipinski definition) is 0. The second-order valence-corrected chi connectivity index (χ2v) is 10.5. The number of benzene rings is 3. The summed E-state index contributed by atoms with van der Waals surface area (Å²) >= 11 is 6.28. The Balaban J connectivity index is 1.37. The summed E-state index contributed by atoms with van der Waals surface area (Å²) in [5, 5.41) is 1.82. The van der Waals surface area contributed by atoms with E-state index >= 15 is 0 Å². The Morgan fingerprint density at radius 1 is 0.905 bits per heavy atom. The van der Waals surface area contributed by atoms with E-state index in [0.29, 0.717) is 18.6 Å². The summed E-state index contributed by atoms with van der Waals surface area (Å²) < 4.78 is 10.5. The molecule has 1 heterocycles. The zero-order valence-corrected chi connectivity index (χ0v) is 23.7. The molecule has 2 aliphatic rings. The topological polar surface area (TPSA) is 110 Å². The van der Waals surface area contributed by atoms with Gasteiger partial charge in [0.2, 0.25) is 0 Å². The van der Waals surface area contributed by atoms with Crippen molar-refractivity contribution in [2.75, 3.05) is 13.7 Å². The summed E-state index contributed by atoms with van der Waals surface area (Å²) in [6.07, 6.45) is 2.71. The minimum absolute atomic E-state index is 0.0524. The fourth-order valence-electron chi connectivity index (χ4n) is 5.12. The number of methoxy groups -OCH3 is 1. The molecule has 3 aromatic rings. The molecule has 1 saturated heterocycles. The van der Waals surface area contributed by atoms with Crippen molar-refractivity contribution < 1.29 is 33.4 Å². The van der Waals surface area contributed by atoms with Crippen molar-refractivity contribution in [3.05, 3.63) is 106 Å². The summed E-state index contributed by atoms with van der Waals surface area (Å²) in [7, 11) is 1.49. The van der Waals surface area contributed by atoms with Crippen LogP contribution >= 0.6 is 11.6 Å². The molecule has 0 unspecified atom stereocenters. The SMILES string of the molecule is COc1cccc(C(=O)Oc2ccc(C(=O)CN(C(=O)c3ccccc3Cl)N3C(=O)[C@@H]4CC=C(C)C[C@H]4C3=O)cc2)c1. The number of fused-ring (bicyclic) bond motifs is 1. The summed E-state index contributed by atoms with van der Waals surface area (Å²) in [6, 6.07) is 18.5.